The summed E-state index contributed by atoms with van der Waals surface area (Å²) >= 11 is 6.89. The van der Waals surface area contributed by atoms with E-state index >= 15 is 0 Å². The minimum absolute atomic E-state index is 0.861. The molecule has 0 radical (unpaired) electrons. The molecule has 0 atom stereocenters. The lowest BCUT2D eigenvalue weighted by molar-refractivity contribution is 1.37. The molecule has 2 heteroatoms. The first kappa shape index (κ1) is 11.0. The van der Waals surface area contributed by atoms with Crippen LogP contribution < -0.4 is 0 Å². The third-order valence-electron chi connectivity index (χ3n) is 1.87. The number of halogens is 2. The van der Waals surface area contributed by atoms with Crippen LogP contribution in [0.5, 0.6) is 0 Å². The van der Waals surface area contributed by atoms with E-state index in [2.05, 4.69) is 70.0 Å². The molecule has 1 aromatic rings. The van der Waals surface area contributed by atoms with Crippen molar-refractivity contribution in [3.8, 4) is 0 Å². The second-order valence-corrected chi connectivity index (χ2v) is 4.66. The van der Waals surface area contributed by atoms with Crippen LogP contribution in [0.15, 0.2) is 22.7 Å². The molecular formula is C11H12Br2. The average molecular weight is 304 g/mol. The summed E-state index contributed by atoms with van der Waals surface area (Å²) in [7, 11) is 0. The minimum atomic E-state index is 0.861. The number of allylic oxidation sites excluding steroid dienone is 1. The van der Waals surface area contributed by atoms with E-state index in [-0.39, 0.29) is 0 Å². The van der Waals surface area contributed by atoms with E-state index < -0.39 is 0 Å². The lowest BCUT2D eigenvalue weighted by Crippen LogP contribution is -1.83. The first-order chi connectivity index (χ1) is 6.13. The Bertz CT molecular complexity index is 327. The van der Waals surface area contributed by atoms with Gasteiger partial charge in [-0.25, -0.2) is 0 Å². The lowest BCUT2D eigenvalue weighted by atomic mass is 10.1. The predicted octanol–water partition coefficient (Wildman–Crippen LogP) is 4.43. The van der Waals surface area contributed by atoms with Crippen LogP contribution in [0.25, 0.3) is 6.08 Å². The molecule has 0 spiro atoms. The van der Waals surface area contributed by atoms with E-state index in [9.17, 15) is 0 Å². The molecule has 0 N–H and O–H groups in total. The number of hydrogen-bond donors (Lipinski definition) is 0. The molecule has 0 bridgehead atoms. The van der Waals surface area contributed by atoms with Crippen molar-refractivity contribution in [1.82, 2.24) is 0 Å². The molecule has 70 valence electrons. The van der Waals surface area contributed by atoms with Crippen LogP contribution in [0.4, 0.5) is 0 Å². The smallest absolute Gasteiger partial charge is 0.0349 e. The number of aryl methyl sites for hydroxylation is 2. The SMILES string of the molecule is Cc1ccc(C)c(/C=C(\Br)CBr)c1. The summed E-state index contributed by atoms with van der Waals surface area (Å²) in [4.78, 5) is 0. The average Bonchev–Trinajstić information content (AvgIpc) is 2.11. The van der Waals surface area contributed by atoms with Crippen molar-refractivity contribution in [3.63, 3.8) is 0 Å². The van der Waals surface area contributed by atoms with Gasteiger partial charge in [-0.3, -0.25) is 0 Å². The fourth-order valence-corrected chi connectivity index (χ4v) is 1.53. The normalized spacial score (nSPS) is 11.8. The van der Waals surface area contributed by atoms with E-state index in [0.29, 0.717) is 0 Å². The Hall–Kier alpha value is -0.0800. The van der Waals surface area contributed by atoms with Gasteiger partial charge in [0.1, 0.15) is 0 Å². The number of rotatable bonds is 2. The van der Waals surface area contributed by atoms with Gasteiger partial charge < -0.3 is 0 Å². The van der Waals surface area contributed by atoms with Crippen LogP contribution in [-0.4, -0.2) is 5.33 Å². The fraction of sp³-hybridized carbons (Fsp3) is 0.273. The highest BCUT2D eigenvalue weighted by Gasteiger charge is 1.96. The van der Waals surface area contributed by atoms with Crippen LogP contribution in [0.2, 0.25) is 0 Å². The van der Waals surface area contributed by atoms with E-state index in [4.69, 9.17) is 0 Å². The van der Waals surface area contributed by atoms with Crippen LogP contribution in [0.1, 0.15) is 16.7 Å². The van der Waals surface area contributed by atoms with E-state index in [1.807, 2.05) is 0 Å². The summed E-state index contributed by atoms with van der Waals surface area (Å²) in [5.41, 5.74) is 3.89. The standard InChI is InChI=1S/C11H12Br2/c1-8-3-4-9(2)10(5-8)6-11(13)7-12/h3-6H,7H2,1-2H3/b11-6-. The molecule has 1 rings (SSSR count). The molecular weight excluding hydrogens is 292 g/mol. The Labute approximate surface area is 96.3 Å². The minimum Gasteiger partial charge on any atom is -0.0870 e. The van der Waals surface area contributed by atoms with Gasteiger partial charge in [-0.05, 0) is 31.1 Å². The topological polar surface area (TPSA) is 0 Å². The molecule has 0 aliphatic rings. The number of alkyl halides is 1. The first-order valence-corrected chi connectivity index (χ1v) is 6.04. The monoisotopic (exact) mass is 302 g/mol. The van der Waals surface area contributed by atoms with Gasteiger partial charge in [0.2, 0.25) is 0 Å². The Kier molecular flexibility index (Phi) is 4.20. The molecule has 0 aliphatic heterocycles. The van der Waals surface area contributed by atoms with Gasteiger partial charge in [-0.15, -0.1) is 0 Å². The molecule has 0 unspecified atom stereocenters. The molecule has 0 heterocycles. The summed E-state index contributed by atoms with van der Waals surface area (Å²) in [6.45, 7) is 4.23. The number of hydrogen-bond acceptors (Lipinski definition) is 0. The highest BCUT2D eigenvalue weighted by Crippen LogP contribution is 2.18. The first-order valence-electron chi connectivity index (χ1n) is 4.13. The Morgan fingerprint density at radius 2 is 2.08 bits per heavy atom. The van der Waals surface area contributed by atoms with Gasteiger partial charge in [0.05, 0.1) is 0 Å². The summed E-state index contributed by atoms with van der Waals surface area (Å²) in [5, 5.41) is 0.861. The highest BCUT2D eigenvalue weighted by molar-refractivity contribution is 9.13. The van der Waals surface area contributed by atoms with Gasteiger partial charge in [0.25, 0.3) is 0 Å². The molecule has 0 fully saturated rings. The largest absolute Gasteiger partial charge is 0.0870 e. The summed E-state index contributed by atoms with van der Waals surface area (Å²) < 4.78 is 1.17. The van der Waals surface area contributed by atoms with Crippen molar-refractivity contribution in [2.24, 2.45) is 0 Å². The molecule has 0 nitrogen and oxygen atoms in total. The maximum atomic E-state index is 3.49. The quantitative estimate of drug-likeness (QED) is 0.709. The molecule has 1 aromatic carbocycles. The van der Waals surface area contributed by atoms with Gasteiger partial charge in [0.15, 0.2) is 0 Å². The molecule has 0 amide bonds. The van der Waals surface area contributed by atoms with Crippen molar-refractivity contribution in [3.05, 3.63) is 39.4 Å². The second-order valence-electron chi connectivity index (χ2n) is 3.08. The zero-order valence-electron chi connectivity index (χ0n) is 7.77. The Balaban J connectivity index is 3.07. The van der Waals surface area contributed by atoms with E-state index in [1.165, 1.54) is 21.2 Å². The van der Waals surface area contributed by atoms with Crippen molar-refractivity contribution in [1.29, 1.82) is 0 Å². The summed E-state index contributed by atoms with van der Waals surface area (Å²) in [5.74, 6) is 0. The maximum absolute atomic E-state index is 3.49. The van der Waals surface area contributed by atoms with Crippen molar-refractivity contribution >= 4 is 37.9 Å². The van der Waals surface area contributed by atoms with E-state index in [1.54, 1.807) is 0 Å². The van der Waals surface area contributed by atoms with Gasteiger partial charge >= 0.3 is 0 Å². The van der Waals surface area contributed by atoms with Crippen molar-refractivity contribution in [2.75, 3.05) is 5.33 Å². The molecule has 0 saturated carbocycles. The third kappa shape index (κ3) is 3.28. The van der Waals surface area contributed by atoms with Gasteiger partial charge in [-0.1, -0.05) is 55.6 Å². The van der Waals surface area contributed by atoms with Crippen LogP contribution in [0, 0.1) is 13.8 Å². The maximum Gasteiger partial charge on any atom is 0.0349 e. The summed E-state index contributed by atoms with van der Waals surface area (Å²) in [6, 6.07) is 6.48. The van der Waals surface area contributed by atoms with Crippen molar-refractivity contribution in [2.45, 2.75) is 13.8 Å². The van der Waals surface area contributed by atoms with Crippen LogP contribution in [-0.2, 0) is 0 Å². The Morgan fingerprint density at radius 1 is 1.38 bits per heavy atom. The highest BCUT2D eigenvalue weighted by atomic mass is 79.9. The van der Waals surface area contributed by atoms with Crippen LogP contribution in [0.3, 0.4) is 0 Å². The zero-order valence-corrected chi connectivity index (χ0v) is 10.9. The third-order valence-corrected chi connectivity index (χ3v) is 3.74. The van der Waals surface area contributed by atoms with Gasteiger partial charge in [0, 0.05) is 9.81 Å². The lowest BCUT2D eigenvalue weighted by Gasteiger charge is -2.02. The second kappa shape index (κ2) is 4.97. The summed E-state index contributed by atoms with van der Waals surface area (Å²) in [6.07, 6.45) is 2.15. The van der Waals surface area contributed by atoms with Gasteiger partial charge in [-0.2, -0.15) is 0 Å². The molecule has 0 aliphatic carbocycles. The molecule has 0 aromatic heterocycles. The van der Waals surface area contributed by atoms with Crippen molar-refractivity contribution < 1.29 is 0 Å². The predicted molar refractivity (Wildman–Crippen MR) is 66.6 cm³/mol. The Morgan fingerprint density at radius 3 is 2.69 bits per heavy atom. The molecule has 13 heavy (non-hydrogen) atoms. The van der Waals surface area contributed by atoms with Crippen LogP contribution >= 0.6 is 31.9 Å². The fourth-order valence-electron chi connectivity index (χ4n) is 1.12. The zero-order chi connectivity index (χ0) is 9.84. The molecule has 0 saturated heterocycles. The van der Waals surface area contributed by atoms with E-state index in [0.717, 1.165) is 5.33 Å². The number of benzene rings is 1.